The summed E-state index contributed by atoms with van der Waals surface area (Å²) in [6.07, 6.45) is 0. The van der Waals surface area contributed by atoms with E-state index in [2.05, 4.69) is 0 Å². The lowest BCUT2D eigenvalue weighted by Gasteiger charge is -2.43. The van der Waals surface area contributed by atoms with Gasteiger partial charge in [0.25, 0.3) is 0 Å². The second-order valence-corrected chi connectivity index (χ2v) is 18.1. The first-order chi connectivity index (χ1) is 13.3. The Balaban J connectivity index is 2.06. The molecule has 0 amide bonds. The lowest BCUT2D eigenvalue weighted by atomic mass is 9.97. The maximum Gasteiger partial charge on any atom is 0.511 e. The first-order valence-corrected chi connectivity index (χ1v) is 15.4. The molecule has 164 valence electrons. The molecule has 0 unspecified atom stereocenters. The lowest BCUT2D eigenvalue weighted by Crippen LogP contribution is -2.41. The summed E-state index contributed by atoms with van der Waals surface area (Å²) in [7, 11) is -8.83. The van der Waals surface area contributed by atoms with E-state index in [1.807, 2.05) is 58.0 Å². The quantitative estimate of drug-likeness (QED) is 0.481. The summed E-state index contributed by atoms with van der Waals surface area (Å²) in [5.74, 6) is 0. The van der Waals surface area contributed by atoms with E-state index < -0.39 is 28.9 Å². The van der Waals surface area contributed by atoms with E-state index in [9.17, 15) is 13.0 Å². The summed E-state index contributed by atoms with van der Waals surface area (Å²) in [6.45, 7) is 5.23. The maximum absolute atomic E-state index is 12.6. The highest BCUT2D eigenvalue weighted by Gasteiger charge is 2.71. The zero-order valence-corrected chi connectivity index (χ0v) is 20.4. The number of benzene rings is 1. The molecule has 1 aromatic carbocycles. The van der Waals surface area contributed by atoms with Crippen molar-refractivity contribution in [2.45, 2.75) is 34.2 Å². The third-order valence-corrected chi connectivity index (χ3v) is 14.7. The van der Waals surface area contributed by atoms with Crippen LogP contribution in [-0.4, -0.2) is 43.8 Å². The van der Waals surface area contributed by atoms with Crippen LogP contribution < -0.4 is 0 Å². The van der Waals surface area contributed by atoms with Crippen LogP contribution in [-0.2, 0) is 46.2 Å². The van der Waals surface area contributed by atoms with E-state index in [0.29, 0.717) is 13.2 Å². The van der Waals surface area contributed by atoms with Crippen LogP contribution in [0.2, 0.25) is 0 Å². The van der Waals surface area contributed by atoms with Gasteiger partial charge in [0.05, 0.1) is 19.8 Å². The molecule has 0 aliphatic carbocycles. The van der Waals surface area contributed by atoms with Crippen molar-refractivity contribution in [3.8, 4) is 0 Å². The van der Waals surface area contributed by atoms with Crippen LogP contribution in [0.15, 0.2) is 30.3 Å². The second kappa shape index (κ2) is 8.17. The molecule has 2 aliphatic heterocycles. The van der Waals surface area contributed by atoms with E-state index >= 15 is 0 Å². The Morgan fingerprint density at radius 2 is 1.52 bits per heavy atom. The van der Waals surface area contributed by atoms with Gasteiger partial charge in [-0.25, -0.2) is 0 Å². The number of nitrogens with zero attached hydrogens (tertiary/aromatic N) is 1. The van der Waals surface area contributed by atoms with Gasteiger partial charge in [0.15, 0.2) is 0 Å². The summed E-state index contributed by atoms with van der Waals surface area (Å²) >= 11 is 5.74. The maximum atomic E-state index is 12.6. The predicted molar refractivity (Wildman–Crippen MR) is 116 cm³/mol. The molecular formula is C17H28NO7P2S2+. The Bertz CT molecular complexity index is 868. The zero-order valence-electron chi connectivity index (χ0n) is 17.0. The van der Waals surface area contributed by atoms with E-state index in [1.165, 1.54) is 4.44 Å². The fourth-order valence-electron chi connectivity index (χ4n) is 2.76. The van der Waals surface area contributed by atoms with Gasteiger partial charge >= 0.3 is 23.4 Å². The summed E-state index contributed by atoms with van der Waals surface area (Å²) in [5, 5.41) is 0. The van der Waals surface area contributed by atoms with Crippen molar-refractivity contribution >= 4 is 35.3 Å². The molecule has 1 aromatic rings. The average molecular weight is 484 g/mol. The highest BCUT2D eigenvalue weighted by atomic mass is 32.8. The van der Waals surface area contributed by atoms with Crippen molar-refractivity contribution in [1.29, 1.82) is 0 Å². The van der Waals surface area contributed by atoms with Crippen molar-refractivity contribution < 1.29 is 31.1 Å². The SMILES string of the molecule is CC1(C)COP(=S)(N(Cc2ccccc2)[P+]2(S(=O)(=O)O)OCC(C)(C)CO2)OC1. The molecule has 2 fully saturated rings. The molecule has 3 rings (SSSR count). The van der Waals surface area contributed by atoms with Gasteiger partial charge in [-0.15, -0.1) is 0 Å². The Morgan fingerprint density at radius 3 is 2.00 bits per heavy atom. The largest absolute Gasteiger partial charge is 0.511 e. The topological polar surface area (TPSA) is 94.5 Å². The zero-order chi connectivity index (χ0) is 21.6. The molecule has 29 heavy (non-hydrogen) atoms. The normalized spacial score (nSPS) is 25.6. The van der Waals surface area contributed by atoms with Crippen molar-refractivity contribution in [2.75, 3.05) is 26.4 Å². The smallest absolute Gasteiger partial charge is 0.315 e. The Kier molecular flexibility index (Phi) is 6.67. The van der Waals surface area contributed by atoms with E-state index in [1.54, 1.807) is 0 Å². The molecule has 2 saturated heterocycles. The van der Waals surface area contributed by atoms with E-state index in [-0.39, 0.29) is 25.2 Å². The lowest BCUT2D eigenvalue weighted by molar-refractivity contribution is 0.0280. The summed E-state index contributed by atoms with van der Waals surface area (Å²) in [5.41, 5.74) is 0.102. The van der Waals surface area contributed by atoms with Gasteiger partial charge in [0.2, 0.25) is 0 Å². The van der Waals surface area contributed by atoms with Crippen molar-refractivity contribution in [3.63, 3.8) is 0 Å². The molecule has 1 N–H and O–H groups in total. The highest BCUT2D eigenvalue weighted by Crippen LogP contribution is 2.81. The summed E-state index contributed by atoms with van der Waals surface area (Å²) in [4.78, 5) is 0. The molecular weight excluding hydrogens is 456 g/mol. The van der Waals surface area contributed by atoms with Crippen molar-refractivity contribution in [3.05, 3.63) is 35.9 Å². The van der Waals surface area contributed by atoms with Gasteiger partial charge in [0.1, 0.15) is 13.2 Å². The van der Waals surface area contributed by atoms with Crippen LogP contribution in [0.3, 0.4) is 0 Å². The standard InChI is InChI=1S/C17H27NO7P2S2/c1-16(2)11-22-26(28,23-12-16)18(10-15-8-6-5-7-9-15)27(29(19,20)21)24-13-17(3,4)14-25-27/h5-9H,10-14H2,1-4H3/p+1. The van der Waals surface area contributed by atoms with Gasteiger partial charge in [-0.2, -0.15) is 17.5 Å². The second-order valence-electron chi connectivity index (χ2n) is 8.82. The minimum atomic E-state index is -4.78. The van der Waals surface area contributed by atoms with Crippen LogP contribution in [0.1, 0.15) is 33.3 Å². The fraction of sp³-hybridized carbons (Fsp3) is 0.647. The molecule has 12 heteroatoms. The third kappa shape index (κ3) is 5.09. The summed E-state index contributed by atoms with van der Waals surface area (Å²) < 4.78 is 60.4. The van der Waals surface area contributed by atoms with Gasteiger partial charge in [0, 0.05) is 10.8 Å². The molecule has 0 bridgehead atoms. The van der Waals surface area contributed by atoms with Crippen LogP contribution in [0.25, 0.3) is 0 Å². The van der Waals surface area contributed by atoms with Crippen LogP contribution in [0, 0.1) is 10.8 Å². The van der Waals surface area contributed by atoms with Gasteiger partial charge in [-0.05, 0) is 21.8 Å². The number of rotatable bonds is 5. The number of hydrogen-bond acceptors (Lipinski definition) is 7. The fourth-order valence-corrected chi connectivity index (χ4v) is 13.8. The Hall–Kier alpha value is 0.01000. The molecule has 0 radical (unpaired) electrons. The molecule has 0 saturated carbocycles. The molecule has 0 aromatic heterocycles. The van der Waals surface area contributed by atoms with Gasteiger partial charge in [-0.1, -0.05) is 58.0 Å². The van der Waals surface area contributed by atoms with E-state index in [0.717, 1.165) is 5.56 Å². The van der Waals surface area contributed by atoms with Gasteiger partial charge < -0.3 is 9.05 Å². The predicted octanol–water partition coefficient (Wildman–Crippen LogP) is 4.42. The molecule has 2 aliphatic rings. The monoisotopic (exact) mass is 484 g/mol. The van der Waals surface area contributed by atoms with Crippen LogP contribution in [0.4, 0.5) is 0 Å². The molecule has 0 spiro atoms. The highest BCUT2D eigenvalue weighted by molar-refractivity contribution is 8.51. The number of hydrogen-bond donors (Lipinski definition) is 1. The Labute approximate surface area is 178 Å². The first kappa shape index (κ1) is 23.7. The Morgan fingerprint density at radius 1 is 1.03 bits per heavy atom. The molecule has 0 atom stereocenters. The molecule has 8 nitrogen and oxygen atoms in total. The van der Waals surface area contributed by atoms with Crippen molar-refractivity contribution in [2.24, 2.45) is 10.8 Å². The minimum Gasteiger partial charge on any atom is -0.315 e. The third-order valence-electron chi connectivity index (χ3n) is 4.50. The van der Waals surface area contributed by atoms with Crippen LogP contribution >= 0.6 is 13.7 Å². The average Bonchev–Trinajstić information content (AvgIpc) is 2.63. The van der Waals surface area contributed by atoms with Crippen molar-refractivity contribution in [1.82, 2.24) is 4.44 Å². The first-order valence-electron chi connectivity index (χ1n) is 9.16. The van der Waals surface area contributed by atoms with E-state index in [4.69, 9.17) is 29.9 Å². The van der Waals surface area contributed by atoms with Gasteiger partial charge in [-0.3, -0.25) is 4.55 Å². The van der Waals surface area contributed by atoms with Crippen LogP contribution in [0.5, 0.6) is 0 Å². The minimum absolute atomic E-state index is 0.0482. The molecule has 2 heterocycles. The summed E-state index contributed by atoms with van der Waals surface area (Å²) in [6, 6.07) is 9.18.